The Morgan fingerprint density at radius 1 is 0.197 bits per heavy atom. The fourth-order valence-electron chi connectivity index (χ4n) is 47.7. The number of hydrogen-bond acceptors (Lipinski definition) is 6. The summed E-state index contributed by atoms with van der Waals surface area (Å²) in [4.78, 5) is 0. The van der Waals surface area contributed by atoms with Crippen LogP contribution in [-0.2, 0) is 0 Å². The molecular formula is C141H250O6. The van der Waals surface area contributed by atoms with Crippen molar-refractivity contribution in [2.45, 2.75) is 632 Å². The molecule has 21 fully saturated rings. The molecule has 6 nitrogen and oxygen atoms in total. The van der Waals surface area contributed by atoms with Crippen LogP contribution in [0, 0.1) is 255 Å². The first-order valence-corrected chi connectivity index (χ1v) is 67.0. The highest BCUT2D eigenvalue weighted by Crippen LogP contribution is 2.77. The molecular weight excluding hydrogens is 1790 g/mol. The molecule has 0 unspecified atom stereocenters. The van der Waals surface area contributed by atoms with Gasteiger partial charge in [0.2, 0.25) is 0 Å². The first-order chi connectivity index (χ1) is 68.6. The van der Waals surface area contributed by atoms with Crippen LogP contribution in [0.1, 0.15) is 599 Å². The van der Waals surface area contributed by atoms with Crippen LogP contribution in [0.15, 0.2) is 0 Å². The molecule has 0 saturated heterocycles. The minimum absolute atomic E-state index is 0.265. The van der Waals surface area contributed by atoms with E-state index in [0.717, 1.165) is 279 Å². The van der Waals surface area contributed by atoms with Crippen molar-refractivity contribution in [2.75, 3.05) is 0 Å². The highest BCUT2D eigenvalue weighted by Gasteiger charge is 2.69. The molecule has 0 aromatic carbocycles. The molecule has 0 spiro atoms. The minimum atomic E-state index is -0.415. The normalized spacial score (nSPS) is 50.9. The molecule has 21 aliphatic carbocycles. The molecule has 147 heavy (non-hydrogen) atoms. The Labute approximate surface area is 911 Å². The topological polar surface area (TPSA) is 121 Å². The zero-order valence-corrected chi connectivity index (χ0v) is 103. The fraction of sp³-hybridized carbons (Fsp3) is 1.00. The van der Waals surface area contributed by atoms with Crippen molar-refractivity contribution in [2.24, 2.45) is 255 Å². The van der Waals surface area contributed by atoms with Gasteiger partial charge >= 0.3 is 0 Å². The Balaban J connectivity index is 0.000000126. The molecule has 21 aliphatic rings. The van der Waals surface area contributed by atoms with Gasteiger partial charge in [0.15, 0.2) is 0 Å². The van der Waals surface area contributed by atoms with Gasteiger partial charge in [-0.3, -0.25) is 0 Å². The zero-order valence-electron chi connectivity index (χ0n) is 103. The molecule has 0 radical (unpaired) electrons. The summed E-state index contributed by atoms with van der Waals surface area (Å²) >= 11 is 0. The summed E-state index contributed by atoms with van der Waals surface area (Å²) < 4.78 is 0. The van der Waals surface area contributed by atoms with Gasteiger partial charge in [0.1, 0.15) is 0 Å². The minimum Gasteiger partial charge on any atom is -0.390 e. The molecule has 21 rings (SSSR count). The van der Waals surface area contributed by atoms with Crippen molar-refractivity contribution in [3.63, 3.8) is 0 Å². The van der Waals surface area contributed by atoms with Crippen molar-refractivity contribution in [3.05, 3.63) is 0 Å². The summed E-state index contributed by atoms with van der Waals surface area (Å²) in [6, 6.07) is 0. The van der Waals surface area contributed by atoms with Crippen molar-refractivity contribution in [1.29, 1.82) is 0 Å². The maximum Gasteiger partial charge on any atom is 0.0650 e. The molecule has 6 heteroatoms. The first kappa shape index (κ1) is 118. The second-order valence-corrected chi connectivity index (χ2v) is 68.4. The quantitative estimate of drug-likeness (QED) is 0.0573. The molecule has 850 valence electrons. The summed E-state index contributed by atoms with van der Waals surface area (Å²) in [5.41, 5.74) is 3.71. The maximum absolute atomic E-state index is 10.7. The van der Waals surface area contributed by atoms with Gasteiger partial charge in [-0.2, -0.15) is 0 Å². The van der Waals surface area contributed by atoms with E-state index in [9.17, 15) is 30.6 Å². The van der Waals surface area contributed by atoms with Gasteiger partial charge < -0.3 is 30.6 Å². The SMILES string of the molecule is CC(C)CCC[C@@H](C)[C@H]1CC[C@H]2[C@@H]3CC[C@H]4C[C@@](C)(O)CC[C@]4(C)[C@H]3CC[C@]12C.CC(C)CCC[C@@H](C)[C@H]1CC[C@H]2[C@@H]3CC[C@H]4C[C@@](C)(O)CC[C@]4(C)[C@H]3CC[C@]12C.CC(C)CCC[C@@H](C)[C@H]1CC[C@H]2[C@@H]3CC[C@H]4C[C@@](C)(O)CC[C@]4(C)[C@H]3CC[C@]12C.C[C@H](CCCC(C)(C)C)[C@H]1CC[C@H]2[C@@H]3CC[C@H]4C[C@@](C)(O)CC[C@]4(C)[C@H]3CC[C@]12C.C[C@H](CCCC1(O)CC1)[C@H]1CC[C@H]2[C@@H]3CC[C@H]4C[C@@](C)(O)CC[C@]4(C)[C@H]3CC[C@]12C. The largest absolute Gasteiger partial charge is 0.390 e. The van der Waals surface area contributed by atoms with E-state index in [0.29, 0.717) is 59.6 Å². The van der Waals surface area contributed by atoms with Crippen LogP contribution < -0.4 is 0 Å². The van der Waals surface area contributed by atoms with E-state index < -0.39 is 28.0 Å². The van der Waals surface area contributed by atoms with Crippen molar-refractivity contribution < 1.29 is 30.6 Å². The van der Waals surface area contributed by atoms with Crippen molar-refractivity contribution in [1.82, 2.24) is 0 Å². The predicted molar refractivity (Wildman–Crippen MR) is 622 cm³/mol. The second kappa shape index (κ2) is 44.2. The van der Waals surface area contributed by atoms with E-state index in [1.807, 2.05) is 0 Å². The Morgan fingerprint density at radius 2 is 0.388 bits per heavy atom. The smallest absolute Gasteiger partial charge is 0.0650 e. The van der Waals surface area contributed by atoms with Gasteiger partial charge in [-0.05, 0) is 604 Å². The Morgan fingerprint density at radius 3 is 0.578 bits per heavy atom. The molecule has 0 aromatic heterocycles. The summed E-state index contributed by atoms with van der Waals surface area (Å²) in [5.74, 6) is 30.0. The third-order valence-corrected chi connectivity index (χ3v) is 56.6. The predicted octanol–water partition coefficient (Wildman–Crippen LogP) is 38.6. The molecule has 21 saturated carbocycles. The summed E-state index contributed by atoms with van der Waals surface area (Å²) in [6.45, 7) is 71.5. The second-order valence-electron chi connectivity index (χ2n) is 68.4. The zero-order chi connectivity index (χ0) is 106. The molecule has 6 N–H and O–H groups in total. The van der Waals surface area contributed by atoms with E-state index >= 15 is 0 Å². The van der Waals surface area contributed by atoms with Gasteiger partial charge in [-0.1, -0.05) is 250 Å². The third-order valence-electron chi connectivity index (χ3n) is 56.6. The van der Waals surface area contributed by atoms with Gasteiger partial charge in [0, 0.05) is 0 Å². The van der Waals surface area contributed by atoms with Crippen LogP contribution in [0.5, 0.6) is 0 Å². The monoisotopic (exact) mass is 2040 g/mol. The van der Waals surface area contributed by atoms with E-state index in [4.69, 9.17) is 0 Å². The number of hydrogen-bond donors (Lipinski definition) is 6. The molecule has 45 atom stereocenters. The highest BCUT2D eigenvalue weighted by atomic mass is 16.3. The standard InChI is InChI=1S/C29H52O.C28H48O2.3C28H50O/c1-20(9-8-15-26(2,3)4)23-12-13-24-22-11-10-21-19-27(5,30)17-18-28(21,6)25(22)14-16-29(23,24)7;1-19(6-5-12-28(30)16-17-28)22-9-10-23-21-8-7-20-18-25(2,29)14-15-26(20,3)24(21)11-13-27(22,23)4;3*1-19(2)8-7-9-20(3)23-12-13-24-22-11-10-21-18-26(4,29)16-17-27(21,5)25(22)14-15-28(23,24)6/h20-25,30H,8-19H2,1-7H3;19-24,29-30H,5-18H2,1-4H3;3*19-25,29H,7-18H2,1-6H3/t20-,21+,22+,23-,24+,25+,27+,28+,29-;19-,20+,21+,22-,23+,24+,25+,26+,27-;3*20-,21+,22+,23-,24+,25+,26+,27+,28-/m11111/s1. The summed E-state index contributed by atoms with van der Waals surface area (Å²) in [5, 5.41) is 63.8. The fourth-order valence-corrected chi connectivity index (χ4v) is 47.7. The van der Waals surface area contributed by atoms with Gasteiger partial charge in [0.05, 0.1) is 33.6 Å². The molecule has 0 amide bonds. The lowest BCUT2D eigenvalue weighted by molar-refractivity contribution is -0.148. The van der Waals surface area contributed by atoms with E-state index in [2.05, 4.69) is 201 Å². The lowest BCUT2D eigenvalue weighted by atomic mass is 9.43. The van der Waals surface area contributed by atoms with Crippen LogP contribution in [-0.4, -0.2) is 64.2 Å². The van der Waals surface area contributed by atoms with E-state index in [1.54, 1.807) is 0 Å². The molecule has 0 bridgehead atoms. The highest BCUT2D eigenvalue weighted by molar-refractivity contribution is 5.19. The average molecular weight is 2040 g/mol. The number of aliphatic hydroxyl groups is 6. The molecule has 0 heterocycles. The molecule has 0 aliphatic heterocycles. The Hall–Kier alpha value is -0.240. The first-order valence-electron chi connectivity index (χ1n) is 67.0. The van der Waals surface area contributed by atoms with Crippen LogP contribution in [0.4, 0.5) is 0 Å². The van der Waals surface area contributed by atoms with Crippen LogP contribution >= 0.6 is 0 Å². The Bertz CT molecular complexity index is 3880. The maximum atomic E-state index is 10.7. The lowest BCUT2D eigenvalue weighted by Crippen LogP contribution is -2.55. The van der Waals surface area contributed by atoms with Crippen LogP contribution in [0.2, 0.25) is 0 Å². The van der Waals surface area contributed by atoms with Crippen molar-refractivity contribution >= 4 is 0 Å². The lowest BCUT2D eigenvalue weighted by Gasteiger charge is -2.62. The van der Waals surface area contributed by atoms with Gasteiger partial charge in [-0.25, -0.2) is 0 Å². The summed E-state index contributed by atoms with van der Waals surface area (Å²) in [7, 11) is 0. The van der Waals surface area contributed by atoms with Gasteiger partial charge in [-0.15, -0.1) is 0 Å². The third kappa shape index (κ3) is 23.7. The Kier molecular flexibility index (Phi) is 35.4. The van der Waals surface area contributed by atoms with Crippen LogP contribution in [0.3, 0.4) is 0 Å². The van der Waals surface area contributed by atoms with Crippen LogP contribution in [0.25, 0.3) is 0 Å². The number of fused-ring (bicyclic) bond motifs is 25. The average Bonchev–Trinajstić information content (AvgIpc) is 1.65. The van der Waals surface area contributed by atoms with E-state index in [-0.39, 0.29) is 5.60 Å². The molecule has 0 aromatic rings. The van der Waals surface area contributed by atoms with E-state index in [1.165, 1.54) is 315 Å². The summed E-state index contributed by atoms with van der Waals surface area (Å²) in [6.07, 6.45) is 83.3. The van der Waals surface area contributed by atoms with Gasteiger partial charge in [0.25, 0.3) is 0 Å². The van der Waals surface area contributed by atoms with Crippen molar-refractivity contribution in [3.8, 4) is 0 Å². The number of rotatable bonds is 24.